The Morgan fingerprint density at radius 1 is 1.30 bits per heavy atom. The number of rotatable bonds is 2. The number of likely N-dealkylation sites (tertiary alicyclic amines) is 1. The molecule has 1 amide bonds. The molecule has 2 aliphatic heterocycles. The molecule has 1 saturated heterocycles. The summed E-state index contributed by atoms with van der Waals surface area (Å²) in [7, 11) is 0. The van der Waals surface area contributed by atoms with Gasteiger partial charge in [-0.3, -0.25) is 4.79 Å². The zero-order chi connectivity index (χ0) is 13.4. The van der Waals surface area contributed by atoms with E-state index in [1.165, 1.54) is 11.1 Å². The fourth-order valence-electron chi connectivity index (χ4n) is 3.33. The fourth-order valence-corrected chi connectivity index (χ4v) is 3.33. The zero-order valence-electron chi connectivity index (χ0n) is 12.2. The third kappa shape index (κ3) is 2.70. The van der Waals surface area contributed by atoms with Crippen molar-refractivity contribution in [1.29, 1.82) is 0 Å². The van der Waals surface area contributed by atoms with Crippen molar-refractivity contribution < 1.29 is 4.79 Å². The van der Waals surface area contributed by atoms with Crippen molar-refractivity contribution in [3.05, 3.63) is 34.9 Å². The second-order valence-electron chi connectivity index (χ2n) is 6.04. The Labute approximate surface area is 127 Å². The second kappa shape index (κ2) is 6.15. The number of fused-ring (bicyclic) bond motifs is 1. The summed E-state index contributed by atoms with van der Waals surface area (Å²) >= 11 is 0. The number of benzene rings is 1. The fraction of sp³-hybridized carbons (Fsp3) is 0.562. The average Bonchev–Trinajstić information content (AvgIpc) is 3.05. The number of hydrogen-bond donors (Lipinski definition) is 1. The Morgan fingerprint density at radius 2 is 2.05 bits per heavy atom. The first-order valence-corrected chi connectivity index (χ1v) is 7.30. The van der Waals surface area contributed by atoms with E-state index in [0.717, 1.165) is 38.0 Å². The van der Waals surface area contributed by atoms with Crippen LogP contribution in [0.2, 0.25) is 0 Å². The largest absolute Gasteiger partial charge is 0.335 e. The molecule has 1 unspecified atom stereocenters. The van der Waals surface area contributed by atoms with E-state index in [9.17, 15) is 4.79 Å². The molecule has 0 aliphatic carbocycles. The van der Waals surface area contributed by atoms with Crippen LogP contribution in [0.1, 0.15) is 48.2 Å². The van der Waals surface area contributed by atoms with Crippen LogP contribution in [0.25, 0.3) is 0 Å². The first-order chi connectivity index (χ1) is 9.16. The van der Waals surface area contributed by atoms with Crippen molar-refractivity contribution >= 4 is 18.3 Å². The zero-order valence-corrected chi connectivity index (χ0v) is 13.0. The molecule has 0 spiro atoms. The van der Waals surface area contributed by atoms with E-state index in [1.54, 1.807) is 0 Å². The Morgan fingerprint density at radius 3 is 2.80 bits per heavy atom. The summed E-state index contributed by atoms with van der Waals surface area (Å²) in [4.78, 5) is 14.7. The lowest BCUT2D eigenvalue weighted by Crippen LogP contribution is -2.38. The summed E-state index contributed by atoms with van der Waals surface area (Å²) in [5.41, 5.74) is 3.47. The first kappa shape index (κ1) is 15.3. The molecule has 1 aromatic rings. The number of carbonyl (C=O) groups is 1. The Balaban J connectivity index is 0.00000147. The maximum atomic E-state index is 12.7. The van der Waals surface area contributed by atoms with Crippen LogP contribution in [0.5, 0.6) is 0 Å². The van der Waals surface area contributed by atoms with Gasteiger partial charge in [-0.1, -0.05) is 19.9 Å². The van der Waals surface area contributed by atoms with E-state index < -0.39 is 0 Å². The minimum atomic E-state index is 0. The van der Waals surface area contributed by atoms with Gasteiger partial charge in [-0.2, -0.15) is 0 Å². The van der Waals surface area contributed by atoms with Crippen molar-refractivity contribution in [3.8, 4) is 0 Å². The highest BCUT2D eigenvalue weighted by Gasteiger charge is 2.31. The van der Waals surface area contributed by atoms with E-state index >= 15 is 0 Å². The molecule has 1 N–H and O–H groups in total. The third-order valence-electron chi connectivity index (χ3n) is 4.41. The molecular weight excluding hydrogens is 272 g/mol. The molecule has 20 heavy (non-hydrogen) atoms. The molecule has 1 atom stereocenters. The minimum Gasteiger partial charge on any atom is -0.335 e. The van der Waals surface area contributed by atoms with E-state index in [4.69, 9.17) is 0 Å². The lowest BCUT2D eigenvalue weighted by Gasteiger charge is -2.28. The molecule has 0 bridgehead atoms. The molecule has 1 fully saturated rings. The Bertz CT molecular complexity index is 501. The monoisotopic (exact) mass is 294 g/mol. The molecule has 110 valence electrons. The van der Waals surface area contributed by atoms with E-state index in [2.05, 4.69) is 36.2 Å². The lowest BCUT2D eigenvalue weighted by atomic mass is 10.0. The summed E-state index contributed by atoms with van der Waals surface area (Å²) in [6, 6.07) is 6.58. The normalized spacial score (nSPS) is 20.9. The molecule has 0 aromatic heterocycles. The number of carbonyl (C=O) groups excluding carboxylic acids is 1. The molecule has 1 aromatic carbocycles. The highest BCUT2D eigenvalue weighted by atomic mass is 35.5. The van der Waals surface area contributed by atoms with Crippen molar-refractivity contribution in [3.63, 3.8) is 0 Å². The molecule has 3 nitrogen and oxygen atoms in total. The number of hydrogen-bond acceptors (Lipinski definition) is 2. The van der Waals surface area contributed by atoms with Crippen molar-refractivity contribution in [2.45, 2.75) is 45.8 Å². The van der Waals surface area contributed by atoms with Gasteiger partial charge >= 0.3 is 0 Å². The highest BCUT2D eigenvalue weighted by Crippen LogP contribution is 2.26. The van der Waals surface area contributed by atoms with Gasteiger partial charge in [-0.15, -0.1) is 12.4 Å². The van der Waals surface area contributed by atoms with Gasteiger partial charge in [0.1, 0.15) is 0 Å². The van der Waals surface area contributed by atoms with Crippen LogP contribution in [0.3, 0.4) is 0 Å². The van der Waals surface area contributed by atoms with Crippen molar-refractivity contribution in [1.82, 2.24) is 10.2 Å². The van der Waals surface area contributed by atoms with Crippen LogP contribution in [0, 0.1) is 5.92 Å². The summed E-state index contributed by atoms with van der Waals surface area (Å²) in [5, 5.41) is 3.33. The maximum absolute atomic E-state index is 12.7. The molecule has 2 heterocycles. The first-order valence-electron chi connectivity index (χ1n) is 7.30. The van der Waals surface area contributed by atoms with Crippen LogP contribution < -0.4 is 5.32 Å². The summed E-state index contributed by atoms with van der Waals surface area (Å²) in [6.07, 6.45) is 2.29. The quantitative estimate of drug-likeness (QED) is 0.909. The van der Waals surface area contributed by atoms with Crippen molar-refractivity contribution in [2.24, 2.45) is 5.92 Å². The second-order valence-corrected chi connectivity index (χ2v) is 6.04. The molecule has 3 rings (SSSR count). The minimum absolute atomic E-state index is 0. The number of nitrogens with one attached hydrogen (secondary N) is 1. The smallest absolute Gasteiger partial charge is 0.254 e. The number of halogens is 1. The number of nitrogens with zero attached hydrogens (tertiary/aromatic N) is 1. The van der Waals surface area contributed by atoms with Crippen LogP contribution in [-0.4, -0.2) is 23.4 Å². The SMILES string of the molecule is CC(C)C1CCCN1C(=O)c1ccc2c(c1)CNC2.Cl. The predicted molar refractivity (Wildman–Crippen MR) is 83.1 cm³/mol. The van der Waals surface area contributed by atoms with E-state index in [-0.39, 0.29) is 18.3 Å². The molecule has 4 heteroatoms. The molecule has 0 saturated carbocycles. The van der Waals surface area contributed by atoms with Gasteiger partial charge in [-0.25, -0.2) is 0 Å². The van der Waals surface area contributed by atoms with Gasteiger partial charge in [0.25, 0.3) is 5.91 Å². The molecule has 0 radical (unpaired) electrons. The van der Waals surface area contributed by atoms with Gasteiger partial charge in [0.05, 0.1) is 0 Å². The van der Waals surface area contributed by atoms with Crippen LogP contribution in [-0.2, 0) is 13.1 Å². The maximum Gasteiger partial charge on any atom is 0.254 e. The highest BCUT2D eigenvalue weighted by molar-refractivity contribution is 5.95. The van der Waals surface area contributed by atoms with Crippen LogP contribution in [0.15, 0.2) is 18.2 Å². The van der Waals surface area contributed by atoms with E-state index in [0.29, 0.717) is 12.0 Å². The Hall–Kier alpha value is -1.06. The average molecular weight is 295 g/mol. The van der Waals surface area contributed by atoms with Gasteiger partial charge in [0.2, 0.25) is 0 Å². The van der Waals surface area contributed by atoms with E-state index in [1.807, 2.05) is 6.07 Å². The number of amides is 1. The predicted octanol–water partition coefficient (Wildman–Crippen LogP) is 2.97. The van der Waals surface area contributed by atoms with Crippen molar-refractivity contribution in [2.75, 3.05) is 6.54 Å². The molecule has 2 aliphatic rings. The third-order valence-corrected chi connectivity index (χ3v) is 4.41. The Kier molecular flexibility index (Phi) is 4.71. The summed E-state index contributed by atoms with van der Waals surface area (Å²) in [6.45, 7) is 7.16. The van der Waals surface area contributed by atoms with Gasteiger partial charge < -0.3 is 10.2 Å². The topological polar surface area (TPSA) is 32.3 Å². The van der Waals surface area contributed by atoms with Crippen LogP contribution in [0.4, 0.5) is 0 Å². The molecular formula is C16H23ClN2O. The van der Waals surface area contributed by atoms with Gasteiger partial charge in [0, 0.05) is 31.2 Å². The standard InChI is InChI=1S/C16H22N2O.ClH/c1-11(2)15-4-3-7-18(15)16(19)12-5-6-13-9-17-10-14(13)8-12;/h5-6,8,11,15,17H,3-4,7,9-10H2,1-2H3;1H. The summed E-state index contributed by atoms with van der Waals surface area (Å²) in [5.74, 6) is 0.758. The summed E-state index contributed by atoms with van der Waals surface area (Å²) < 4.78 is 0. The van der Waals surface area contributed by atoms with Gasteiger partial charge in [-0.05, 0) is 42.0 Å². The van der Waals surface area contributed by atoms with Gasteiger partial charge in [0.15, 0.2) is 0 Å². The van der Waals surface area contributed by atoms with Crippen LogP contribution >= 0.6 is 12.4 Å². The lowest BCUT2D eigenvalue weighted by molar-refractivity contribution is 0.0701.